The maximum absolute atomic E-state index is 14.5. The number of primary sulfonamides is 1. The minimum absolute atomic E-state index is 0.380. The molecule has 0 saturated heterocycles. The average Bonchev–Trinajstić information content (AvgIpc) is 3.15. The Morgan fingerprint density at radius 1 is 0.357 bits per heavy atom. The zero-order chi connectivity index (χ0) is 57.1. The summed E-state index contributed by atoms with van der Waals surface area (Å²) in [5.41, 5.74) is 0. The SMILES string of the molecule is NS(=O)(=O)c1cccc(OC(F)=C(F)C(F)(F)C(F)(F)C(F)(F)C(F)(F)C(F)(F)C(F)(F)C(F)(F)C(F)(F)F)c1OC(F)=C(F)C(F)(F)C(F)(F)C(F)(F)C(F)(F)C(F)(F)C(F)(F)C(F)(F)C(F)(F)F. The van der Waals surface area contributed by atoms with Gasteiger partial charge in [-0.05, 0) is 12.1 Å². The fraction of sp³-hybridized carbons (Fsp3) is 0.615. The first-order valence-electron chi connectivity index (χ1n) is 15.0. The number of hydrogen-bond donors (Lipinski definition) is 1. The molecule has 0 saturated carbocycles. The van der Waals surface area contributed by atoms with Crippen LogP contribution in [0.4, 0.5) is 167 Å². The summed E-state index contributed by atoms with van der Waals surface area (Å²) in [6.45, 7) is 0. The van der Waals surface area contributed by atoms with Gasteiger partial charge in [0.2, 0.25) is 21.7 Å². The van der Waals surface area contributed by atoms with Crippen LogP contribution in [0.2, 0.25) is 0 Å². The first kappa shape index (κ1) is 63.6. The van der Waals surface area contributed by atoms with Crippen molar-refractivity contribution in [2.75, 3.05) is 0 Å². The third kappa shape index (κ3) is 8.65. The molecule has 0 spiro atoms. The molecule has 2 N–H and O–H groups in total. The van der Waals surface area contributed by atoms with Crippen LogP contribution in [-0.4, -0.2) is 104 Å². The maximum Gasteiger partial charge on any atom is 0.460 e. The van der Waals surface area contributed by atoms with Crippen LogP contribution >= 0.6 is 0 Å². The summed E-state index contributed by atoms with van der Waals surface area (Å²) in [5, 5.41) is 4.31. The summed E-state index contributed by atoms with van der Waals surface area (Å²) in [7, 11) is -6.28. The van der Waals surface area contributed by atoms with E-state index in [4.69, 9.17) is 0 Å². The zero-order valence-corrected chi connectivity index (χ0v) is 31.0. The van der Waals surface area contributed by atoms with Crippen molar-refractivity contribution in [2.45, 2.75) is 100 Å². The highest BCUT2D eigenvalue weighted by molar-refractivity contribution is 7.89. The van der Waals surface area contributed by atoms with Gasteiger partial charge in [0.1, 0.15) is 4.90 Å². The predicted octanol–water partition coefficient (Wildman–Crippen LogP) is 13.3. The van der Waals surface area contributed by atoms with Gasteiger partial charge in [0, 0.05) is 0 Å². The van der Waals surface area contributed by atoms with Crippen molar-refractivity contribution in [3.63, 3.8) is 0 Å². The van der Waals surface area contributed by atoms with Crippen LogP contribution in [-0.2, 0) is 10.0 Å². The standard InChI is InChI=1S/C26H5F38NO4S/c27-7(11(31,32)13(35,36)15(39,40)17(43,44)19(47,48)21(51,52)23(55,56)25(59,60)61)9(29)68-4-2-1-3-5(70(65,66)67)6(4)69-10(30)8(28)12(33,34)14(37,38)16(41,42)18(45,46)20(49,50)22(53,54)24(57,58)26(62,63)64/h1-3H,(H2,65,66,67). The van der Waals surface area contributed by atoms with E-state index in [2.05, 4.69) is 14.6 Å². The van der Waals surface area contributed by atoms with Gasteiger partial charge < -0.3 is 9.47 Å². The summed E-state index contributed by atoms with van der Waals surface area (Å²) < 4.78 is 546. The smallest absolute Gasteiger partial charge is 0.426 e. The summed E-state index contributed by atoms with van der Waals surface area (Å²) in [6.07, 6.45) is -16.5. The van der Waals surface area contributed by atoms with Crippen LogP contribution < -0.4 is 14.6 Å². The summed E-state index contributed by atoms with van der Waals surface area (Å²) in [5.74, 6) is -146. The van der Waals surface area contributed by atoms with E-state index in [1.54, 1.807) is 0 Å². The molecule has 1 rings (SSSR count). The number of hydrogen-bond acceptors (Lipinski definition) is 4. The van der Waals surface area contributed by atoms with Gasteiger partial charge in [-0.25, -0.2) is 13.6 Å². The van der Waals surface area contributed by atoms with Crippen LogP contribution in [0.15, 0.2) is 46.8 Å². The Hall–Kier alpha value is -4.45. The number of halogens is 38. The van der Waals surface area contributed by atoms with Gasteiger partial charge in [0.05, 0.1) is 0 Å². The van der Waals surface area contributed by atoms with Gasteiger partial charge in [-0.2, -0.15) is 167 Å². The molecule has 0 aromatic heterocycles. The van der Waals surface area contributed by atoms with E-state index in [0.29, 0.717) is 0 Å². The third-order valence-electron chi connectivity index (χ3n) is 7.98. The van der Waals surface area contributed by atoms with Crippen molar-refractivity contribution in [3.05, 3.63) is 41.9 Å². The molecule has 44 heteroatoms. The van der Waals surface area contributed by atoms with Crippen molar-refractivity contribution in [1.29, 1.82) is 0 Å². The molecule has 0 fully saturated rings. The van der Waals surface area contributed by atoms with E-state index in [9.17, 15) is 175 Å². The number of sulfonamides is 1. The maximum atomic E-state index is 14.5. The molecule has 0 unspecified atom stereocenters. The lowest BCUT2D eigenvalue weighted by Crippen LogP contribution is -2.74. The molecular weight excluding hydrogens is 1140 g/mol. The monoisotopic (exact) mass is 1150 g/mol. The van der Waals surface area contributed by atoms with E-state index < -0.39 is 157 Å². The molecule has 0 aliphatic heterocycles. The summed E-state index contributed by atoms with van der Waals surface area (Å²) in [4.78, 5) is -2.71. The molecule has 70 heavy (non-hydrogen) atoms. The predicted molar refractivity (Wildman–Crippen MR) is 139 cm³/mol. The number of nitrogens with two attached hydrogens (primary N) is 1. The van der Waals surface area contributed by atoms with Crippen LogP contribution in [0.1, 0.15) is 0 Å². The van der Waals surface area contributed by atoms with Crippen LogP contribution in [0.5, 0.6) is 11.5 Å². The van der Waals surface area contributed by atoms with Crippen molar-refractivity contribution in [2.24, 2.45) is 5.14 Å². The molecule has 0 aliphatic carbocycles. The van der Waals surface area contributed by atoms with Crippen molar-refractivity contribution in [1.82, 2.24) is 0 Å². The van der Waals surface area contributed by atoms with E-state index in [0.717, 1.165) is 0 Å². The van der Waals surface area contributed by atoms with Gasteiger partial charge in [-0.3, -0.25) is 0 Å². The highest BCUT2D eigenvalue weighted by Crippen LogP contribution is 2.67. The molecule has 0 amide bonds. The number of rotatable bonds is 19. The third-order valence-corrected chi connectivity index (χ3v) is 8.92. The number of allylic oxidation sites excluding steroid dienone is 2. The first-order chi connectivity index (χ1) is 30.0. The van der Waals surface area contributed by atoms with Crippen molar-refractivity contribution < 1.29 is 185 Å². The highest BCUT2D eigenvalue weighted by atomic mass is 32.2. The molecule has 0 aliphatic rings. The largest absolute Gasteiger partial charge is 0.460 e. The summed E-state index contributed by atoms with van der Waals surface area (Å²) in [6, 6.07) is -11.4. The normalized spacial score (nSPS) is 16.8. The Morgan fingerprint density at radius 2 is 0.586 bits per heavy atom. The van der Waals surface area contributed by atoms with E-state index >= 15 is 0 Å². The molecule has 1 aromatic rings. The molecule has 410 valence electrons. The lowest BCUT2D eigenvalue weighted by Gasteiger charge is -2.42. The fourth-order valence-electron chi connectivity index (χ4n) is 4.03. The molecule has 1 aromatic carbocycles. The lowest BCUT2D eigenvalue weighted by molar-refractivity contribution is -0.460. The van der Waals surface area contributed by atoms with Crippen LogP contribution in [0.25, 0.3) is 0 Å². The Morgan fingerprint density at radius 3 is 0.829 bits per heavy atom. The van der Waals surface area contributed by atoms with Gasteiger partial charge >= 0.3 is 107 Å². The van der Waals surface area contributed by atoms with E-state index in [1.165, 1.54) is 0 Å². The number of benzene rings is 1. The van der Waals surface area contributed by atoms with Gasteiger partial charge in [0.15, 0.2) is 11.5 Å². The van der Waals surface area contributed by atoms with Crippen molar-refractivity contribution >= 4 is 10.0 Å². The van der Waals surface area contributed by atoms with Crippen LogP contribution in [0.3, 0.4) is 0 Å². The molecule has 0 bridgehead atoms. The Kier molecular flexibility index (Phi) is 15.5. The minimum Gasteiger partial charge on any atom is -0.426 e. The Bertz CT molecular complexity index is 2300. The average molecular weight is 1150 g/mol. The fourth-order valence-corrected chi connectivity index (χ4v) is 4.70. The Balaban J connectivity index is 4.14. The second-order valence-corrected chi connectivity index (χ2v) is 14.1. The van der Waals surface area contributed by atoms with E-state index in [1.807, 2.05) is 0 Å². The summed E-state index contributed by atoms with van der Waals surface area (Å²) >= 11 is 0. The topological polar surface area (TPSA) is 78.6 Å². The molecule has 0 radical (unpaired) electrons. The number of para-hydroxylation sites is 1. The number of ether oxygens (including phenoxy) is 2. The molecular formula is C26H5F38NO4S. The van der Waals surface area contributed by atoms with Gasteiger partial charge in [-0.15, -0.1) is 0 Å². The van der Waals surface area contributed by atoms with Gasteiger partial charge in [-0.1, -0.05) is 6.07 Å². The van der Waals surface area contributed by atoms with Crippen molar-refractivity contribution in [3.8, 4) is 11.5 Å². The first-order valence-corrected chi connectivity index (χ1v) is 16.6. The quantitative estimate of drug-likeness (QED) is 0.111. The lowest BCUT2D eigenvalue weighted by atomic mass is 9.88. The molecule has 0 atom stereocenters. The number of alkyl halides is 34. The van der Waals surface area contributed by atoms with E-state index in [-0.39, 0.29) is 6.07 Å². The highest BCUT2D eigenvalue weighted by Gasteiger charge is 2.97. The second-order valence-electron chi connectivity index (χ2n) is 12.5. The Labute approximate surface area is 354 Å². The zero-order valence-electron chi connectivity index (χ0n) is 30.2. The molecule has 5 nitrogen and oxygen atoms in total. The van der Waals surface area contributed by atoms with Crippen LogP contribution in [0, 0.1) is 0 Å². The molecule has 0 heterocycles. The minimum atomic E-state index is -9.51. The second kappa shape index (κ2) is 17.1. The van der Waals surface area contributed by atoms with Gasteiger partial charge in [0.25, 0.3) is 0 Å².